The number of aromatic nitrogens is 1. The molecule has 1 unspecified atom stereocenters. The molecular weight excluding hydrogens is 419 g/mol. The SMILES string of the molecule is C#Cc1nc(C(=O)N(c2cc(OC)cc(OC)c2)C2CCN(CC(F)(F)F)C2=O)co1. The second kappa shape index (κ2) is 8.59. The molecular formula is C20H18F3N3O5. The van der Waals surface area contributed by atoms with Crippen LogP contribution < -0.4 is 14.4 Å². The molecule has 164 valence electrons. The van der Waals surface area contributed by atoms with Crippen LogP contribution in [0.2, 0.25) is 0 Å². The van der Waals surface area contributed by atoms with Crippen molar-refractivity contribution in [1.29, 1.82) is 0 Å². The van der Waals surface area contributed by atoms with Gasteiger partial charge in [0.15, 0.2) is 5.69 Å². The molecule has 0 spiro atoms. The largest absolute Gasteiger partial charge is 0.497 e. The first-order chi connectivity index (χ1) is 14.7. The Hall–Kier alpha value is -3.68. The number of anilines is 1. The Kier molecular flexibility index (Phi) is 6.10. The standard InChI is InChI=1S/C20H18F3N3O5/c1-4-17-24-15(10-31-17)18(27)26(12-7-13(29-2)9-14(8-12)30-3)16-5-6-25(19(16)28)11-20(21,22)23/h1,7-10,16H,5-6,11H2,2-3H3. The minimum absolute atomic E-state index is 0.0139. The normalized spacial score (nSPS) is 16.2. The highest BCUT2D eigenvalue weighted by Crippen LogP contribution is 2.33. The predicted octanol–water partition coefficient (Wildman–Crippen LogP) is 2.48. The molecule has 0 radical (unpaired) electrons. The highest BCUT2D eigenvalue weighted by Gasteiger charge is 2.44. The van der Waals surface area contributed by atoms with Crippen molar-refractivity contribution in [3.63, 3.8) is 0 Å². The number of oxazole rings is 1. The summed E-state index contributed by atoms with van der Waals surface area (Å²) in [5.41, 5.74) is -0.0181. The van der Waals surface area contributed by atoms with Crippen LogP contribution in [0.3, 0.4) is 0 Å². The molecule has 1 fully saturated rings. The summed E-state index contributed by atoms with van der Waals surface area (Å²) < 4.78 is 54.0. The molecule has 1 atom stereocenters. The van der Waals surface area contributed by atoms with Crippen LogP contribution in [0.15, 0.2) is 28.9 Å². The maximum absolute atomic E-state index is 13.3. The molecule has 2 amide bonds. The summed E-state index contributed by atoms with van der Waals surface area (Å²) in [5, 5.41) is 0. The Morgan fingerprint density at radius 2 is 1.97 bits per heavy atom. The summed E-state index contributed by atoms with van der Waals surface area (Å²) in [6.07, 6.45) is 1.66. The molecule has 1 aromatic carbocycles. The first-order valence-electron chi connectivity index (χ1n) is 9.01. The van der Waals surface area contributed by atoms with Gasteiger partial charge in [0.25, 0.3) is 11.8 Å². The van der Waals surface area contributed by atoms with Gasteiger partial charge in [0.1, 0.15) is 30.3 Å². The molecule has 2 heterocycles. The van der Waals surface area contributed by atoms with Gasteiger partial charge in [-0.15, -0.1) is 6.42 Å². The highest BCUT2D eigenvalue weighted by molar-refractivity contribution is 6.09. The monoisotopic (exact) mass is 437 g/mol. The van der Waals surface area contributed by atoms with Gasteiger partial charge in [0, 0.05) is 24.7 Å². The van der Waals surface area contributed by atoms with Gasteiger partial charge in [-0.3, -0.25) is 14.5 Å². The van der Waals surface area contributed by atoms with Crippen molar-refractivity contribution >= 4 is 17.5 Å². The van der Waals surface area contributed by atoms with Crippen LogP contribution in [-0.4, -0.2) is 61.2 Å². The van der Waals surface area contributed by atoms with Gasteiger partial charge in [-0.1, -0.05) is 0 Å². The van der Waals surface area contributed by atoms with E-state index >= 15 is 0 Å². The van der Waals surface area contributed by atoms with E-state index < -0.39 is 30.6 Å². The lowest BCUT2D eigenvalue weighted by molar-refractivity contribution is -0.157. The fraction of sp³-hybridized carbons (Fsp3) is 0.350. The first kappa shape index (κ1) is 22.0. The number of halogens is 3. The van der Waals surface area contributed by atoms with E-state index in [4.69, 9.17) is 20.3 Å². The average molecular weight is 437 g/mol. The fourth-order valence-corrected chi connectivity index (χ4v) is 3.27. The van der Waals surface area contributed by atoms with Crippen LogP contribution in [0.5, 0.6) is 11.5 Å². The summed E-state index contributed by atoms with van der Waals surface area (Å²) in [4.78, 5) is 31.7. The van der Waals surface area contributed by atoms with E-state index in [2.05, 4.69) is 10.9 Å². The van der Waals surface area contributed by atoms with Gasteiger partial charge in [-0.2, -0.15) is 18.2 Å². The van der Waals surface area contributed by atoms with Crippen molar-refractivity contribution in [3.8, 4) is 23.8 Å². The van der Waals surface area contributed by atoms with Gasteiger partial charge < -0.3 is 18.8 Å². The highest BCUT2D eigenvalue weighted by atomic mass is 19.4. The van der Waals surface area contributed by atoms with Crippen LogP contribution >= 0.6 is 0 Å². The molecule has 11 heteroatoms. The third-order valence-corrected chi connectivity index (χ3v) is 4.63. The Morgan fingerprint density at radius 1 is 1.32 bits per heavy atom. The maximum atomic E-state index is 13.3. The van der Waals surface area contributed by atoms with Gasteiger partial charge >= 0.3 is 6.18 Å². The van der Waals surface area contributed by atoms with Crippen LogP contribution in [0.4, 0.5) is 18.9 Å². The average Bonchev–Trinajstić information content (AvgIpc) is 3.35. The summed E-state index contributed by atoms with van der Waals surface area (Å²) in [5.74, 6) is 1.01. The summed E-state index contributed by atoms with van der Waals surface area (Å²) >= 11 is 0. The second-order valence-corrected chi connectivity index (χ2v) is 6.61. The molecule has 3 rings (SSSR count). The number of benzene rings is 1. The molecule has 0 saturated carbocycles. The molecule has 2 aromatic rings. The Bertz CT molecular complexity index is 1010. The number of likely N-dealkylation sites (tertiary alicyclic amines) is 1. The Morgan fingerprint density at radius 3 is 2.48 bits per heavy atom. The zero-order chi connectivity index (χ0) is 22.8. The van der Waals surface area contributed by atoms with Crippen molar-refractivity contribution in [1.82, 2.24) is 9.88 Å². The Labute approximate surface area is 175 Å². The van der Waals surface area contributed by atoms with Crippen LogP contribution in [-0.2, 0) is 4.79 Å². The fourth-order valence-electron chi connectivity index (χ4n) is 3.27. The van der Waals surface area contributed by atoms with Crippen molar-refractivity contribution in [2.75, 3.05) is 32.2 Å². The van der Waals surface area contributed by atoms with Crippen LogP contribution in [0, 0.1) is 12.3 Å². The number of ether oxygens (including phenoxy) is 2. The van der Waals surface area contributed by atoms with Crippen molar-refractivity contribution < 1.29 is 36.7 Å². The third kappa shape index (κ3) is 4.74. The minimum Gasteiger partial charge on any atom is -0.497 e. The minimum atomic E-state index is -4.56. The zero-order valence-corrected chi connectivity index (χ0v) is 16.6. The molecule has 31 heavy (non-hydrogen) atoms. The molecule has 1 aliphatic rings. The predicted molar refractivity (Wildman–Crippen MR) is 102 cm³/mol. The number of nitrogens with zero attached hydrogens (tertiary/aromatic N) is 3. The molecule has 0 N–H and O–H groups in total. The zero-order valence-electron chi connectivity index (χ0n) is 16.6. The third-order valence-electron chi connectivity index (χ3n) is 4.63. The molecule has 1 aliphatic heterocycles. The summed E-state index contributed by atoms with van der Waals surface area (Å²) in [6, 6.07) is 3.27. The lowest BCUT2D eigenvalue weighted by Gasteiger charge is -2.28. The van der Waals surface area contributed by atoms with E-state index in [0.29, 0.717) is 16.4 Å². The smallest absolute Gasteiger partial charge is 0.406 e. The van der Waals surface area contributed by atoms with Crippen molar-refractivity contribution in [2.45, 2.75) is 18.6 Å². The number of terminal acetylenes is 1. The van der Waals surface area contributed by atoms with E-state index in [1.165, 1.54) is 26.4 Å². The van der Waals surface area contributed by atoms with E-state index in [9.17, 15) is 22.8 Å². The molecule has 0 aliphatic carbocycles. The number of alkyl halides is 3. The van der Waals surface area contributed by atoms with E-state index in [1.54, 1.807) is 6.07 Å². The topological polar surface area (TPSA) is 85.1 Å². The number of carbonyl (C=O) groups is 2. The van der Waals surface area contributed by atoms with Gasteiger partial charge in [-0.25, -0.2) is 0 Å². The molecule has 0 bridgehead atoms. The second-order valence-electron chi connectivity index (χ2n) is 6.61. The lowest BCUT2D eigenvalue weighted by atomic mass is 10.1. The summed E-state index contributed by atoms with van der Waals surface area (Å²) in [7, 11) is 2.79. The van der Waals surface area contributed by atoms with E-state index in [1.807, 2.05) is 0 Å². The van der Waals surface area contributed by atoms with Gasteiger partial charge in [0.2, 0.25) is 5.91 Å². The van der Waals surface area contributed by atoms with Crippen LogP contribution in [0.1, 0.15) is 22.8 Å². The van der Waals surface area contributed by atoms with Gasteiger partial charge in [0.05, 0.1) is 19.9 Å². The maximum Gasteiger partial charge on any atom is 0.406 e. The van der Waals surface area contributed by atoms with E-state index in [-0.39, 0.29) is 30.2 Å². The quantitative estimate of drug-likeness (QED) is 0.646. The number of amides is 2. The summed E-state index contributed by atoms with van der Waals surface area (Å²) in [6.45, 7) is -1.57. The number of methoxy groups -OCH3 is 2. The molecule has 8 nitrogen and oxygen atoms in total. The van der Waals surface area contributed by atoms with Gasteiger partial charge in [-0.05, 0) is 12.3 Å². The first-order valence-corrected chi connectivity index (χ1v) is 9.01. The van der Waals surface area contributed by atoms with Crippen LogP contribution in [0.25, 0.3) is 0 Å². The molecule has 1 saturated heterocycles. The number of carbonyl (C=O) groups excluding carboxylic acids is 2. The van der Waals surface area contributed by atoms with Crippen molar-refractivity contribution in [3.05, 3.63) is 36.0 Å². The number of hydrogen-bond donors (Lipinski definition) is 0. The van der Waals surface area contributed by atoms with E-state index in [0.717, 1.165) is 11.2 Å². The number of hydrogen-bond acceptors (Lipinski definition) is 6. The number of rotatable bonds is 6. The Balaban J connectivity index is 2.04. The van der Waals surface area contributed by atoms with Crippen molar-refractivity contribution in [2.24, 2.45) is 0 Å². The molecule has 1 aromatic heterocycles. The lowest BCUT2D eigenvalue weighted by Crippen LogP contribution is -2.47.